The van der Waals surface area contributed by atoms with E-state index in [1.165, 1.54) is 19.3 Å². The number of ether oxygens (including phenoxy) is 1. The molecule has 1 aliphatic heterocycles. The van der Waals surface area contributed by atoms with Crippen molar-refractivity contribution in [3.63, 3.8) is 0 Å². The SMILES string of the molecule is C1=CC2(C1)CCOCC2. The van der Waals surface area contributed by atoms with Gasteiger partial charge in [-0.2, -0.15) is 0 Å². The first-order valence-electron chi connectivity index (χ1n) is 3.67. The van der Waals surface area contributed by atoms with Crippen molar-refractivity contribution in [2.24, 2.45) is 5.41 Å². The van der Waals surface area contributed by atoms with Gasteiger partial charge in [0.25, 0.3) is 0 Å². The second-order valence-electron chi connectivity index (χ2n) is 3.08. The second kappa shape index (κ2) is 1.84. The van der Waals surface area contributed by atoms with Gasteiger partial charge in [0.2, 0.25) is 0 Å². The van der Waals surface area contributed by atoms with Crippen LogP contribution < -0.4 is 0 Å². The molecule has 0 unspecified atom stereocenters. The van der Waals surface area contributed by atoms with E-state index in [0.29, 0.717) is 5.41 Å². The van der Waals surface area contributed by atoms with Gasteiger partial charge in [0.05, 0.1) is 0 Å². The number of hydrogen-bond donors (Lipinski definition) is 0. The zero-order chi connectivity index (χ0) is 6.16. The highest BCUT2D eigenvalue weighted by molar-refractivity contribution is 5.13. The van der Waals surface area contributed by atoms with Gasteiger partial charge >= 0.3 is 0 Å². The maximum atomic E-state index is 5.27. The molecule has 1 heteroatoms. The van der Waals surface area contributed by atoms with Gasteiger partial charge in [0, 0.05) is 13.2 Å². The van der Waals surface area contributed by atoms with Crippen LogP contribution in [0.2, 0.25) is 0 Å². The Morgan fingerprint density at radius 1 is 1.22 bits per heavy atom. The van der Waals surface area contributed by atoms with Crippen molar-refractivity contribution in [2.45, 2.75) is 19.3 Å². The smallest absolute Gasteiger partial charge is 0.0474 e. The minimum atomic E-state index is 0.595. The third kappa shape index (κ3) is 0.799. The molecule has 0 N–H and O–H groups in total. The van der Waals surface area contributed by atoms with E-state index in [0.717, 1.165) is 13.2 Å². The summed E-state index contributed by atoms with van der Waals surface area (Å²) in [7, 11) is 0. The Kier molecular flexibility index (Phi) is 1.12. The fourth-order valence-corrected chi connectivity index (χ4v) is 1.60. The fourth-order valence-electron chi connectivity index (χ4n) is 1.60. The molecule has 0 saturated carbocycles. The topological polar surface area (TPSA) is 9.23 Å². The average molecular weight is 124 g/mol. The summed E-state index contributed by atoms with van der Waals surface area (Å²) in [4.78, 5) is 0. The molecule has 0 radical (unpaired) electrons. The molecular weight excluding hydrogens is 112 g/mol. The largest absolute Gasteiger partial charge is 0.381 e. The Labute approximate surface area is 55.7 Å². The number of rotatable bonds is 0. The summed E-state index contributed by atoms with van der Waals surface area (Å²) in [6.07, 6.45) is 8.43. The molecule has 1 nitrogen and oxygen atoms in total. The Bertz CT molecular complexity index is 132. The first kappa shape index (κ1) is 5.48. The average Bonchev–Trinajstić information content (AvgIpc) is 1.87. The molecule has 1 aliphatic carbocycles. The summed E-state index contributed by atoms with van der Waals surface area (Å²) < 4.78 is 5.27. The van der Waals surface area contributed by atoms with Crippen LogP contribution in [0.25, 0.3) is 0 Å². The summed E-state index contributed by atoms with van der Waals surface area (Å²) >= 11 is 0. The number of hydrogen-bond acceptors (Lipinski definition) is 1. The van der Waals surface area contributed by atoms with Gasteiger partial charge in [-0.1, -0.05) is 12.2 Å². The van der Waals surface area contributed by atoms with Crippen molar-refractivity contribution < 1.29 is 4.74 Å². The molecular formula is C8H12O. The second-order valence-corrected chi connectivity index (χ2v) is 3.08. The van der Waals surface area contributed by atoms with Gasteiger partial charge in [-0.05, 0) is 24.7 Å². The summed E-state index contributed by atoms with van der Waals surface area (Å²) in [5, 5.41) is 0. The highest BCUT2D eigenvalue weighted by Gasteiger charge is 2.32. The summed E-state index contributed by atoms with van der Waals surface area (Å²) in [6, 6.07) is 0. The van der Waals surface area contributed by atoms with E-state index < -0.39 is 0 Å². The molecule has 2 rings (SSSR count). The molecule has 0 atom stereocenters. The van der Waals surface area contributed by atoms with Gasteiger partial charge in [-0.25, -0.2) is 0 Å². The lowest BCUT2D eigenvalue weighted by atomic mass is 9.71. The fraction of sp³-hybridized carbons (Fsp3) is 0.750. The van der Waals surface area contributed by atoms with Crippen molar-refractivity contribution in [1.29, 1.82) is 0 Å². The van der Waals surface area contributed by atoms with E-state index in [9.17, 15) is 0 Å². The Morgan fingerprint density at radius 3 is 2.22 bits per heavy atom. The lowest BCUT2D eigenvalue weighted by Gasteiger charge is -2.38. The number of allylic oxidation sites excluding steroid dienone is 2. The molecule has 0 aromatic heterocycles. The highest BCUT2D eigenvalue weighted by Crippen LogP contribution is 2.41. The highest BCUT2D eigenvalue weighted by atomic mass is 16.5. The lowest BCUT2D eigenvalue weighted by Crippen LogP contribution is -2.31. The Balaban J connectivity index is 2.02. The van der Waals surface area contributed by atoms with E-state index in [4.69, 9.17) is 4.74 Å². The molecule has 0 bridgehead atoms. The van der Waals surface area contributed by atoms with E-state index in [1.807, 2.05) is 0 Å². The predicted octanol–water partition coefficient (Wildman–Crippen LogP) is 1.74. The van der Waals surface area contributed by atoms with Gasteiger partial charge < -0.3 is 4.74 Å². The van der Waals surface area contributed by atoms with Crippen molar-refractivity contribution in [1.82, 2.24) is 0 Å². The lowest BCUT2D eigenvalue weighted by molar-refractivity contribution is 0.0316. The van der Waals surface area contributed by atoms with Crippen molar-refractivity contribution >= 4 is 0 Å². The molecule has 50 valence electrons. The van der Waals surface area contributed by atoms with Gasteiger partial charge in [-0.3, -0.25) is 0 Å². The monoisotopic (exact) mass is 124 g/mol. The van der Waals surface area contributed by atoms with Crippen LogP contribution >= 0.6 is 0 Å². The summed E-state index contributed by atoms with van der Waals surface area (Å²) in [6.45, 7) is 1.95. The van der Waals surface area contributed by atoms with Crippen LogP contribution in [0.3, 0.4) is 0 Å². The maximum Gasteiger partial charge on any atom is 0.0474 e. The van der Waals surface area contributed by atoms with Crippen LogP contribution in [-0.4, -0.2) is 13.2 Å². The zero-order valence-electron chi connectivity index (χ0n) is 5.60. The Morgan fingerprint density at radius 2 is 1.89 bits per heavy atom. The minimum absolute atomic E-state index is 0.595. The van der Waals surface area contributed by atoms with Crippen LogP contribution in [-0.2, 0) is 4.74 Å². The summed E-state index contributed by atoms with van der Waals surface area (Å²) in [5.74, 6) is 0. The van der Waals surface area contributed by atoms with E-state index in [1.54, 1.807) is 0 Å². The molecule has 1 saturated heterocycles. The first-order valence-corrected chi connectivity index (χ1v) is 3.67. The van der Waals surface area contributed by atoms with Crippen LogP contribution in [0.15, 0.2) is 12.2 Å². The van der Waals surface area contributed by atoms with E-state index in [2.05, 4.69) is 12.2 Å². The third-order valence-electron chi connectivity index (χ3n) is 2.48. The minimum Gasteiger partial charge on any atom is -0.381 e. The van der Waals surface area contributed by atoms with Crippen molar-refractivity contribution in [2.75, 3.05) is 13.2 Å². The normalized spacial score (nSPS) is 30.2. The standard InChI is InChI=1S/C8H12O/c1-2-8(3-1)4-6-9-7-5-8/h1-2H,3-7H2. The van der Waals surface area contributed by atoms with Crippen LogP contribution in [0.5, 0.6) is 0 Å². The third-order valence-corrected chi connectivity index (χ3v) is 2.48. The first-order chi connectivity index (χ1) is 4.41. The molecule has 9 heavy (non-hydrogen) atoms. The molecule has 1 spiro atoms. The van der Waals surface area contributed by atoms with Crippen LogP contribution in [0.4, 0.5) is 0 Å². The predicted molar refractivity (Wildman–Crippen MR) is 36.2 cm³/mol. The van der Waals surface area contributed by atoms with Crippen LogP contribution in [0, 0.1) is 5.41 Å². The molecule has 0 aromatic rings. The molecule has 2 aliphatic rings. The molecule has 1 heterocycles. The van der Waals surface area contributed by atoms with Gasteiger partial charge in [-0.15, -0.1) is 0 Å². The van der Waals surface area contributed by atoms with E-state index >= 15 is 0 Å². The Hall–Kier alpha value is -0.300. The van der Waals surface area contributed by atoms with Crippen molar-refractivity contribution in [3.05, 3.63) is 12.2 Å². The van der Waals surface area contributed by atoms with Crippen molar-refractivity contribution in [3.8, 4) is 0 Å². The van der Waals surface area contributed by atoms with Crippen LogP contribution in [0.1, 0.15) is 19.3 Å². The quantitative estimate of drug-likeness (QED) is 0.447. The summed E-state index contributed by atoms with van der Waals surface area (Å²) in [5.41, 5.74) is 0.595. The molecule has 0 aromatic carbocycles. The molecule has 1 fully saturated rings. The van der Waals surface area contributed by atoms with E-state index in [-0.39, 0.29) is 0 Å². The van der Waals surface area contributed by atoms with Gasteiger partial charge in [0.15, 0.2) is 0 Å². The van der Waals surface area contributed by atoms with Gasteiger partial charge in [0.1, 0.15) is 0 Å². The maximum absolute atomic E-state index is 5.27. The zero-order valence-corrected chi connectivity index (χ0v) is 5.60. The molecule has 0 amide bonds.